The second-order valence-electron chi connectivity index (χ2n) is 12.2. The van der Waals surface area contributed by atoms with Gasteiger partial charge >= 0.3 is 12.0 Å². The van der Waals surface area contributed by atoms with E-state index < -0.39 is 35.4 Å². The number of piperidine rings is 1. The number of likely N-dealkylation sites (tertiary alicyclic amines) is 1. The first kappa shape index (κ1) is 33.0. The zero-order valence-corrected chi connectivity index (χ0v) is 25.7. The number of halogens is 3. The summed E-state index contributed by atoms with van der Waals surface area (Å²) in [5, 5.41) is 15.5. The highest BCUT2D eigenvalue weighted by molar-refractivity contribution is 5.90. The third kappa shape index (κ3) is 7.98. The van der Waals surface area contributed by atoms with Gasteiger partial charge in [0, 0.05) is 32.1 Å². The Morgan fingerprint density at radius 1 is 0.955 bits per heavy atom. The van der Waals surface area contributed by atoms with Gasteiger partial charge in [0.25, 0.3) is 0 Å². The van der Waals surface area contributed by atoms with Crippen molar-refractivity contribution in [2.75, 3.05) is 31.6 Å². The van der Waals surface area contributed by atoms with Crippen molar-refractivity contribution >= 4 is 30.1 Å². The van der Waals surface area contributed by atoms with Gasteiger partial charge in [0.15, 0.2) is 6.10 Å². The number of fused-ring (bicyclic) bond motifs is 1. The first-order valence-corrected chi connectivity index (χ1v) is 14.4. The Kier molecular flexibility index (Phi) is 10.4. The first-order valence-electron chi connectivity index (χ1n) is 14.4. The number of rotatable bonds is 11. The number of ether oxygens (including phenoxy) is 2. The van der Waals surface area contributed by atoms with Gasteiger partial charge in [0.2, 0.25) is 0 Å². The molecule has 3 N–H and O–H groups in total. The predicted octanol–water partition coefficient (Wildman–Crippen LogP) is 5.89. The standard InChI is InChI=1S/C33H37F2N3O5.ClH/c1-33(2,3)21-9-13-23(14-10-21)43-28(31(39)40)17-20-7-11-22(12-8-20)42-16-15-36-29-24-18-38(19-25(24)29)32(41)37-30-26(34)5-4-6-27(30)35;/h4-14,24-25,28-29,36H,15-19H2,1-3H3,(H,37,41)(H,39,40);1H/t24-,25?,28-,29?;/m0./s1. The number of hydrogen-bond acceptors (Lipinski definition) is 5. The Morgan fingerprint density at radius 2 is 1.55 bits per heavy atom. The van der Waals surface area contributed by atoms with Crippen LogP contribution in [-0.4, -0.2) is 60.4 Å². The van der Waals surface area contributed by atoms with E-state index in [9.17, 15) is 23.5 Å². The van der Waals surface area contributed by atoms with Crippen molar-refractivity contribution in [3.05, 3.63) is 89.5 Å². The van der Waals surface area contributed by atoms with Gasteiger partial charge in [0.05, 0.1) is 0 Å². The van der Waals surface area contributed by atoms with E-state index in [0.717, 1.165) is 23.3 Å². The molecule has 1 saturated carbocycles. The Labute approximate surface area is 262 Å². The van der Waals surface area contributed by atoms with Crippen LogP contribution in [0.3, 0.4) is 0 Å². The molecule has 1 heterocycles. The number of hydrogen-bond donors (Lipinski definition) is 3. The van der Waals surface area contributed by atoms with Crippen LogP contribution in [0, 0.1) is 23.5 Å². The summed E-state index contributed by atoms with van der Waals surface area (Å²) in [4.78, 5) is 25.9. The van der Waals surface area contributed by atoms with Gasteiger partial charge in [-0.05, 0) is 64.8 Å². The van der Waals surface area contributed by atoms with Crippen LogP contribution in [0.5, 0.6) is 11.5 Å². The number of carbonyl (C=O) groups excluding carboxylic acids is 1. The van der Waals surface area contributed by atoms with Gasteiger partial charge in [-0.2, -0.15) is 0 Å². The lowest BCUT2D eigenvalue weighted by molar-refractivity contribution is -0.145. The second kappa shape index (κ2) is 13.8. The molecule has 1 aliphatic heterocycles. The van der Waals surface area contributed by atoms with Crippen molar-refractivity contribution in [2.24, 2.45) is 11.8 Å². The summed E-state index contributed by atoms with van der Waals surface area (Å²) in [6.45, 7) is 8.46. The summed E-state index contributed by atoms with van der Waals surface area (Å²) >= 11 is 0. The van der Waals surface area contributed by atoms with Gasteiger partial charge in [-0.1, -0.05) is 51.1 Å². The summed E-state index contributed by atoms with van der Waals surface area (Å²) < 4.78 is 39.3. The Hall–Kier alpha value is -3.89. The van der Waals surface area contributed by atoms with E-state index >= 15 is 0 Å². The number of nitrogens with one attached hydrogen (secondary N) is 2. The minimum atomic E-state index is -1.03. The molecule has 2 fully saturated rings. The first-order chi connectivity index (χ1) is 20.5. The summed E-state index contributed by atoms with van der Waals surface area (Å²) in [5.74, 6) is -0.838. The lowest BCUT2D eigenvalue weighted by Crippen LogP contribution is -2.39. The van der Waals surface area contributed by atoms with Gasteiger partial charge in [-0.3, -0.25) is 0 Å². The van der Waals surface area contributed by atoms with E-state index in [0.29, 0.717) is 49.6 Å². The average molecular weight is 630 g/mol. The van der Waals surface area contributed by atoms with Crippen molar-refractivity contribution < 1.29 is 33.0 Å². The molecule has 5 rings (SSSR count). The number of aliphatic carboxylic acids is 1. The molecule has 11 heteroatoms. The maximum absolute atomic E-state index is 13.8. The summed E-state index contributed by atoms with van der Waals surface area (Å²) in [7, 11) is 0. The molecule has 2 aliphatic rings. The van der Waals surface area contributed by atoms with E-state index in [1.165, 1.54) is 6.07 Å². The van der Waals surface area contributed by atoms with E-state index in [1.54, 1.807) is 17.0 Å². The normalized spacial score (nSPS) is 19.4. The molecular weight excluding hydrogens is 592 g/mol. The van der Waals surface area contributed by atoms with E-state index in [-0.39, 0.29) is 30.3 Å². The van der Waals surface area contributed by atoms with Gasteiger partial charge in [0.1, 0.15) is 35.4 Å². The van der Waals surface area contributed by atoms with Crippen LogP contribution in [0.4, 0.5) is 19.3 Å². The molecule has 8 nitrogen and oxygen atoms in total. The van der Waals surface area contributed by atoms with Crippen molar-refractivity contribution in [1.82, 2.24) is 10.2 Å². The third-order valence-corrected chi connectivity index (χ3v) is 8.05. The number of para-hydroxylation sites is 1. The van der Waals surface area contributed by atoms with E-state index in [1.807, 2.05) is 36.4 Å². The molecular formula is C33H38ClF2N3O5. The molecule has 0 radical (unpaired) electrons. The van der Waals surface area contributed by atoms with E-state index in [2.05, 4.69) is 31.4 Å². The number of nitrogens with zero attached hydrogens (tertiary/aromatic N) is 1. The highest BCUT2D eigenvalue weighted by atomic mass is 35.5. The topological polar surface area (TPSA) is 100 Å². The van der Waals surface area contributed by atoms with Crippen LogP contribution in [-0.2, 0) is 16.6 Å². The molecule has 3 aromatic rings. The highest BCUT2D eigenvalue weighted by Crippen LogP contribution is 2.45. The maximum Gasteiger partial charge on any atom is 0.345 e. The molecule has 0 spiro atoms. The monoisotopic (exact) mass is 629 g/mol. The molecule has 0 aromatic heterocycles. The lowest BCUT2D eigenvalue weighted by Gasteiger charge is -2.21. The van der Waals surface area contributed by atoms with Crippen molar-refractivity contribution in [2.45, 2.75) is 44.8 Å². The zero-order valence-electron chi connectivity index (χ0n) is 24.9. The Morgan fingerprint density at radius 3 is 2.11 bits per heavy atom. The Bertz CT molecular complexity index is 1420. The fourth-order valence-corrected chi connectivity index (χ4v) is 5.51. The largest absolute Gasteiger partial charge is 0.492 e. The average Bonchev–Trinajstić information content (AvgIpc) is 3.40. The number of benzene rings is 3. The number of carboxylic acid groups (broad SMARTS) is 1. The number of urea groups is 1. The van der Waals surface area contributed by atoms with E-state index in [4.69, 9.17) is 9.47 Å². The van der Waals surface area contributed by atoms with Crippen LogP contribution >= 0.6 is 12.4 Å². The number of anilines is 1. The highest BCUT2D eigenvalue weighted by Gasteiger charge is 2.56. The van der Waals surface area contributed by atoms with Crippen LogP contribution in [0.15, 0.2) is 66.7 Å². The number of carboxylic acids is 1. The van der Waals surface area contributed by atoms with Gasteiger partial charge < -0.3 is 30.1 Å². The van der Waals surface area contributed by atoms with Gasteiger partial charge in [-0.25, -0.2) is 18.4 Å². The van der Waals surface area contributed by atoms with Gasteiger partial charge in [-0.15, -0.1) is 12.4 Å². The third-order valence-electron chi connectivity index (χ3n) is 8.05. The second-order valence-corrected chi connectivity index (χ2v) is 12.2. The molecule has 1 aliphatic carbocycles. The van der Waals surface area contributed by atoms with Crippen LogP contribution < -0.4 is 20.1 Å². The Balaban J connectivity index is 0.00000442. The molecule has 1 saturated heterocycles. The summed E-state index contributed by atoms with van der Waals surface area (Å²) in [6, 6.07) is 18.1. The zero-order chi connectivity index (χ0) is 30.7. The maximum atomic E-state index is 13.8. The lowest BCUT2D eigenvalue weighted by atomic mass is 9.87. The fraction of sp³-hybridized carbons (Fsp3) is 0.394. The van der Waals surface area contributed by atoms with Crippen molar-refractivity contribution in [3.8, 4) is 11.5 Å². The minimum absolute atomic E-state index is 0. The smallest absolute Gasteiger partial charge is 0.345 e. The molecule has 2 amide bonds. The van der Waals surface area contributed by atoms with Crippen LogP contribution in [0.1, 0.15) is 31.9 Å². The molecule has 2 unspecified atom stereocenters. The molecule has 3 aromatic carbocycles. The fourth-order valence-electron chi connectivity index (χ4n) is 5.51. The number of amides is 2. The summed E-state index contributed by atoms with van der Waals surface area (Å²) in [6.07, 6.45) is -0.801. The predicted molar refractivity (Wildman–Crippen MR) is 166 cm³/mol. The van der Waals surface area contributed by atoms with Crippen molar-refractivity contribution in [3.63, 3.8) is 0 Å². The van der Waals surface area contributed by atoms with Crippen LogP contribution in [0.25, 0.3) is 0 Å². The number of carbonyl (C=O) groups is 2. The quantitative estimate of drug-likeness (QED) is 0.229. The molecule has 4 atom stereocenters. The summed E-state index contributed by atoms with van der Waals surface area (Å²) in [5.41, 5.74) is 1.54. The molecule has 44 heavy (non-hydrogen) atoms. The SMILES string of the molecule is CC(C)(C)c1ccc(O[C@@H](Cc2ccc(OCCNC3C4CN(C(=O)Nc5c(F)cccc5F)C[C@@H]43)cc2)C(=O)O)cc1.Cl. The van der Waals surface area contributed by atoms with Crippen LogP contribution in [0.2, 0.25) is 0 Å². The van der Waals surface area contributed by atoms with Crippen molar-refractivity contribution in [1.29, 1.82) is 0 Å². The minimum Gasteiger partial charge on any atom is -0.492 e. The molecule has 236 valence electrons. The molecule has 0 bridgehead atoms.